The van der Waals surface area contributed by atoms with Gasteiger partial charge in [0.1, 0.15) is 6.54 Å². The third-order valence-corrected chi connectivity index (χ3v) is 2.57. The average Bonchev–Trinajstić information content (AvgIpc) is 2.40. The lowest BCUT2D eigenvalue weighted by Gasteiger charge is -2.20. The normalized spacial score (nSPS) is 10.0. The number of esters is 1. The van der Waals surface area contributed by atoms with Crippen LogP contribution in [0.15, 0.2) is 18.3 Å². The van der Waals surface area contributed by atoms with Crippen molar-refractivity contribution in [3.8, 4) is 0 Å². The number of aromatic nitrogens is 1. The zero-order valence-corrected chi connectivity index (χ0v) is 11.3. The first-order chi connectivity index (χ1) is 9.06. The topological polar surface area (TPSA) is 85.5 Å². The fourth-order valence-electron chi connectivity index (χ4n) is 1.59. The van der Waals surface area contributed by atoms with Gasteiger partial charge in [-0.2, -0.15) is 0 Å². The van der Waals surface area contributed by atoms with Gasteiger partial charge in [0.15, 0.2) is 0 Å². The van der Waals surface area contributed by atoms with Crippen molar-refractivity contribution in [2.24, 2.45) is 0 Å². The van der Waals surface area contributed by atoms with Gasteiger partial charge in [-0.25, -0.2) is 0 Å². The largest absolute Gasteiger partial charge is 0.468 e. The van der Waals surface area contributed by atoms with Crippen LogP contribution in [0.5, 0.6) is 0 Å². The first kappa shape index (κ1) is 14.9. The van der Waals surface area contributed by atoms with Crippen molar-refractivity contribution >= 4 is 17.6 Å². The molecule has 0 saturated heterocycles. The Bertz CT molecular complexity index is 431. The third-order valence-electron chi connectivity index (χ3n) is 2.57. The molecule has 0 atom stereocenters. The molecule has 0 spiro atoms. The highest BCUT2D eigenvalue weighted by atomic mass is 16.5. The van der Waals surface area contributed by atoms with Gasteiger partial charge in [-0.05, 0) is 18.6 Å². The Morgan fingerprint density at radius 3 is 2.68 bits per heavy atom. The summed E-state index contributed by atoms with van der Waals surface area (Å²) < 4.78 is 4.58. The average molecular weight is 265 g/mol. The summed E-state index contributed by atoms with van der Waals surface area (Å²) in [6.07, 6.45) is 2.43. The Kier molecular flexibility index (Phi) is 5.78. The van der Waals surface area contributed by atoms with Crippen LogP contribution in [0.4, 0.5) is 5.69 Å². The minimum Gasteiger partial charge on any atom is -0.468 e. The van der Waals surface area contributed by atoms with Crippen LogP contribution in [-0.4, -0.2) is 42.0 Å². The Morgan fingerprint density at radius 1 is 1.42 bits per heavy atom. The van der Waals surface area contributed by atoms with Crippen molar-refractivity contribution in [2.45, 2.75) is 19.8 Å². The monoisotopic (exact) mass is 265 g/mol. The molecule has 104 valence electrons. The summed E-state index contributed by atoms with van der Waals surface area (Å²) in [5.74, 6) is -0.573. The number of nitrogen functional groups attached to an aromatic ring is 1. The number of nitrogens with zero attached hydrogens (tertiary/aromatic N) is 2. The molecule has 1 aromatic heterocycles. The van der Waals surface area contributed by atoms with Crippen LogP contribution in [0.1, 0.15) is 19.0 Å². The van der Waals surface area contributed by atoms with Gasteiger partial charge in [0, 0.05) is 12.2 Å². The van der Waals surface area contributed by atoms with E-state index in [1.165, 1.54) is 18.2 Å². The molecule has 1 heterocycles. The van der Waals surface area contributed by atoms with Gasteiger partial charge in [0.2, 0.25) is 5.91 Å². The number of amides is 1. The number of methoxy groups -OCH3 is 1. The number of ether oxygens (including phenoxy) is 1. The van der Waals surface area contributed by atoms with Gasteiger partial charge >= 0.3 is 5.97 Å². The van der Waals surface area contributed by atoms with E-state index >= 15 is 0 Å². The van der Waals surface area contributed by atoms with Crippen LogP contribution in [0.3, 0.4) is 0 Å². The van der Waals surface area contributed by atoms with E-state index in [-0.39, 0.29) is 18.9 Å². The molecule has 0 aliphatic carbocycles. The molecule has 6 nitrogen and oxygen atoms in total. The Hall–Kier alpha value is -2.11. The fraction of sp³-hybridized carbons (Fsp3) is 0.462. The van der Waals surface area contributed by atoms with Gasteiger partial charge < -0.3 is 15.4 Å². The van der Waals surface area contributed by atoms with Gasteiger partial charge in [-0.1, -0.05) is 6.92 Å². The number of carbonyl (C=O) groups is 2. The molecule has 0 radical (unpaired) electrons. The van der Waals surface area contributed by atoms with Gasteiger partial charge in [-0.3, -0.25) is 14.6 Å². The summed E-state index contributed by atoms with van der Waals surface area (Å²) in [5, 5.41) is 0. The van der Waals surface area contributed by atoms with E-state index in [4.69, 9.17) is 5.73 Å². The Labute approximate surface area is 112 Å². The second-order valence-electron chi connectivity index (χ2n) is 4.15. The van der Waals surface area contributed by atoms with E-state index in [9.17, 15) is 9.59 Å². The molecule has 2 N–H and O–H groups in total. The van der Waals surface area contributed by atoms with Crippen LogP contribution in [0.25, 0.3) is 0 Å². The number of carbonyl (C=O) groups excluding carboxylic acids is 2. The third kappa shape index (κ3) is 4.95. The van der Waals surface area contributed by atoms with Crippen molar-refractivity contribution in [3.05, 3.63) is 24.0 Å². The van der Waals surface area contributed by atoms with E-state index in [0.29, 0.717) is 17.9 Å². The SMILES string of the molecule is CCCN(CC(=O)OC)C(=O)Cc1ccc(N)cn1. The molecule has 0 bridgehead atoms. The van der Waals surface area contributed by atoms with Gasteiger partial charge in [0.05, 0.1) is 25.4 Å². The molecule has 19 heavy (non-hydrogen) atoms. The summed E-state index contributed by atoms with van der Waals surface area (Å²) >= 11 is 0. The first-order valence-electron chi connectivity index (χ1n) is 6.11. The van der Waals surface area contributed by atoms with Crippen LogP contribution in [0.2, 0.25) is 0 Å². The van der Waals surface area contributed by atoms with Crippen molar-refractivity contribution in [3.63, 3.8) is 0 Å². The van der Waals surface area contributed by atoms with Crippen molar-refractivity contribution < 1.29 is 14.3 Å². The van der Waals surface area contributed by atoms with E-state index in [2.05, 4.69) is 9.72 Å². The van der Waals surface area contributed by atoms with Crippen molar-refractivity contribution in [1.29, 1.82) is 0 Å². The predicted octanol–water partition coefficient (Wildman–Crippen LogP) is 0.618. The standard InChI is InChI=1S/C13H19N3O3/c1-3-6-16(9-13(18)19-2)12(17)7-11-5-4-10(14)8-15-11/h4-5,8H,3,6-7,9,14H2,1-2H3. The summed E-state index contributed by atoms with van der Waals surface area (Å²) in [6.45, 7) is 2.43. The first-order valence-corrected chi connectivity index (χ1v) is 6.11. The summed E-state index contributed by atoms with van der Waals surface area (Å²) in [5.41, 5.74) is 6.71. The number of nitrogens with two attached hydrogens (primary N) is 1. The number of pyridine rings is 1. The van der Waals surface area contributed by atoms with Crippen molar-refractivity contribution in [1.82, 2.24) is 9.88 Å². The second kappa shape index (κ2) is 7.35. The maximum atomic E-state index is 12.1. The summed E-state index contributed by atoms with van der Waals surface area (Å²) in [4.78, 5) is 28.9. The molecule has 0 fully saturated rings. The summed E-state index contributed by atoms with van der Waals surface area (Å²) in [6, 6.07) is 3.40. The van der Waals surface area contributed by atoms with Crippen LogP contribution in [0, 0.1) is 0 Å². The quantitative estimate of drug-likeness (QED) is 0.762. The Morgan fingerprint density at radius 2 is 2.16 bits per heavy atom. The molecule has 1 rings (SSSR count). The van der Waals surface area contributed by atoms with E-state index in [1.54, 1.807) is 12.1 Å². The minimum absolute atomic E-state index is 0.0296. The molecular formula is C13H19N3O3. The zero-order chi connectivity index (χ0) is 14.3. The zero-order valence-electron chi connectivity index (χ0n) is 11.3. The van der Waals surface area contributed by atoms with E-state index < -0.39 is 5.97 Å². The lowest BCUT2D eigenvalue weighted by Crippen LogP contribution is -2.37. The van der Waals surface area contributed by atoms with Gasteiger partial charge in [0.25, 0.3) is 0 Å². The number of rotatable bonds is 6. The van der Waals surface area contributed by atoms with Crippen LogP contribution < -0.4 is 5.73 Å². The molecule has 1 amide bonds. The fourth-order valence-corrected chi connectivity index (χ4v) is 1.59. The molecule has 0 unspecified atom stereocenters. The van der Waals surface area contributed by atoms with Crippen LogP contribution in [-0.2, 0) is 20.7 Å². The number of hydrogen-bond acceptors (Lipinski definition) is 5. The highest BCUT2D eigenvalue weighted by molar-refractivity contribution is 5.83. The van der Waals surface area contributed by atoms with Gasteiger partial charge in [-0.15, -0.1) is 0 Å². The highest BCUT2D eigenvalue weighted by Crippen LogP contribution is 2.05. The van der Waals surface area contributed by atoms with Crippen molar-refractivity contribution in [2.75, 3.05) is 25.9 Å². The lowest BCUT2D eigenvalue weighted by molar-refractivity contribution is -0.146. The Balaban J connectivity index is 2.65. The second-order valence-corrected chi connectivity index (χ2v) is 4.15. The van der Waals surface area contributed by atoms with Crippen LogP contribution >= 0.6 is 0 Å². The lowest BCUT2D eigenvalue weighted by atomic mass is 10.2. The maximum Gasteiger partial charge on any atom is 0.325 e. The van der Waals surface area contributed by atoms with E-state index in [0.717, 1.165) is 6.42 Å². The summed E-state index contributed by atoms with van der Waals surface area (Å²) in [7, 11) is 1.30. The molecule has 0 aliphatic rings. The highest BCUT2D eigenvalue weighted by Gasteiger charge is 2.17. The molecular weight excluding hydrogens is 246 g/mol. The number of anilines is 1. The van der Waals surface area contributed by atoms with E-state index in [1.807, 2.05) is 6.92 Å². The molecule has 0 saturated carbocycles. The minimum atomic E-state index is -0.424. The molecule has 0 aromatic carbocycles. The number of hydrogen-bond donors (Lipinski definition) is 1. The smallest absolute Gasteiger partial charge is 0.325 e. The molecule has 0 aliphatic heterocycles. The molecule has 6 heteroatoms. The predicted molar refractivity (Wildman–Crippen MR) is 71.2 cm³/mol. The molecule has 1 aromatic rings. The maximum absolute atomic E-state index is 12.1.